The van der Waals surface area contributed by atoms with E-state index in [0.717, 1.165) is 18.7 Å². The predicted octanol–water partition coefficient (Wildman–Crippen LogP) is 1.75. The highest BCUT2D eigenvalue weighted by Crippen LogP contribution is 2.25. The molecule has 1 aliphatic heterocycles. The van der Waals surface area contributed by atoms with Crippen molar-refractivity contribution in [3.05, 3.63) is 29.3 Å². The topological polar surface area (TPSA) is 58.6 Å². The number of carbonyl (C=O) groups excluding carboxylic acids is 2. The highest BCUT2D eigenvalue weighted by molar-refractivity contribution is 6.21. The van der Waals surface area contributed by atoms with E-state index < -0.39 is 0 Å². The largest absolute Gasteiger partial charge is 0.385 e. The molecule has 1 aromatic rings. The molecule has 102 valence electrons. The van der Waals surface area contributed by atoms with Crippen molar-refractivity contribution >= 4 is 17.5 Å². The number of nitrogens with zero attached hydrogens (tertiary/aromatic N) is 1. The van der Waals surface area contributed by atoms with E-state index >= 15 is 0 Å². The lowest BCUT2D eigenvalue weighted by Gasteiger charge is -2.12. The first-order valence-electron chi connectivity index (χ1n) is 6.42. The molecular weight excluding hydrogens is 244 g/mol. The normalized spacial score (nSPS) is 13.9. The maximum Gasteiger partial charge on any atom is 0.261 e. The van der Waals surface area contributed by atoms with Crippen molar-refractivity contribution in [2.24, 2.45) is 0 Å². The van der Waals surface area contributed by atoms with Crippen LogP contribution < -0.4 is 5.32 Å². The highest BCUT2D eigenvalue weighted by atomic mass is 16.5. The van der Waals surface area contributed by atoms with Crippen LogP contribution in [0.5, 0.6) is 0 Å². The molecule has 0 spiro atoms. The van der Waals surface area contributed by atoms with Gasteiger partial charge in [-0.1, -0.05) is 6.92 Å². The van der Waals surface area contributed by atoms with Gasteiger partial charge in [-0.25, -0.2) is 0 Å². The Morgan fingerprint density at radius 3 is 2.63 bits per heavy atom. The molecule has 1 heterocycles. The quantitative estimate of drug-likeness (QED) is 0.793. The van der Waals surface area contributed by atoms with Crippen LogP contribution in [-0.4, -0.2) is 43.5 Å². The SMILES string of the molecule is CCCNc1ccc2c(c1)C(=O)N(CCOC)C2=O. The number of ether oxygens (including phenoxy) is 1. The highest BCUT2D eigenvalue weighted by Gasteiger charge is 2.35. The number of fused-ring (bicyclic) bond motifs is 1. The van der Waals surface area contributed by atoms with Gasteiger partial charge in [0.2, 0.25) is 0 Å². The second kappa shape index (κ2) is 5.84. The van der Waals surface area contributed by atoms with E-state index in [0.29, 0.717) is 24.3 Å². The van der Waals surface area contributed by atoms with E-state index in [2.05, 4.69) is 12.2 Å². The Balaban J connectivity index is 2.21. The number of hydrogen-bond acceptors (Lipinski definition) is 4. The lowest BCUT2D eigenvalue weighted by molar-refractivity contribution is 0.0603. The summed E-state index contributed by atoms with van der Waals surface area (Å²) in [6.07, 6.45) is 1.00. The first-order chi connectivity index (χ1) is 9.19. The average molecular weight is 262 g/mol. The third-order valence-corrected chi connectivity index (χ3v) is 3.07. The van der Waals surface area contributed by atoms with Crippen LogP contribution in [0.3, 0.4) is 0 Å². The van der Waals surface area contributed by atoms with Gasteiger partial charge in [0.25, 0.3) is 11.8 Å². The van der Waals surface area contributed by atoms with Gasteiger partial charge in [-0.05, 0) is 24.6 Å². The summed E-state index contributed by atoms with van der Waals surface area (Å²) < 4.78 is 4.92. The van der Waals surface area contributed by atoms with Crippen molar-refractivity contribution in [3.8, 4) is 0 Å². The van der Waals surface area contributed by atoms with Crippen LogP contribution in [0.1, 0.15) is 34.1 Å². The molecule has 0 aliphatic carbocycles. The summed E-state index contributed by atoms with van der Waals surface area (Å²) in [4.78, 5) is 25.5. The number of anilines is 1. The van der Waals surface area contributed by atoms with E-state index in [9.17, 15) is 9.59 Å². The summed E-state index contributed by atoms with van der Waals surface area (Å²) in [5.41, 5.74) is 1.82. The second-order valence-electron chi connectivity index (χ2n) is 4.44. The molecule has 0 atom stereocenters. The summed E-state index contributed by atoms with van der Waals surface area (Å²) in [6.45, 7) is 3.56. The summed E-state index contributed by atoms with van der Waals surface area (Å²) >= 11 is 0. The number of nitrogens with one attached hydrogen (secondary N) is 1. The molecule has 1 aliphatic rings. The maximum absolute atomic E-state index is 12.2. The molecular formula is C14H18N2O3. The van der Waals surface area contributed by atoms with Gasteiger partial charge in [0.15, 0.2) is 0 Å². The minimum Gasteiger partial charge on any atom is -0.385 e. The summed E-state index contributed by atoms with van der Waals surface area (Å²) in [5.74, 6) is -0.476. The Kier molecular flexibility index (Phi) is 4.16. The van der Waals surface area contributed by atoms with E-state index in [1.165, 1.54) is 4.90 Å². The lowest BCUT2D eigenvalue weighted by Crippen LogP contribution is -2.32. The van der Waals surface area contributed by atoms with E-state index in [1.807, 2.05) is 6.07 Å². The fourth-order valence-electron chi connectivity index (χ4n) is 2.06. The first-order valence-corrected chi connectivity index (χ1v) is 6.42. The Bertz CT molecular complexity index is 499. The monoisotopic (exact) mass is 262 g/mol. The summed E-state index contributed by atoms with van der Waals surface area (Å²) in [5, 5.41) is 3.21. The number of carbonyl (C=O) groups is 2. The molecule has 0 radical (unpaired) electrons. The molecule has 0 fully saturated rings. The Labute approximate surface area is 112 Å². The number of hydrogen-bond donors (Lipinski definition) is 1. The smallest absolute Gasteiger partial charge is 0.261 e. The molecule has 0 aromatic heterocycles. The van der Waals surface area contributed by atoms with Gasteiger partial charge in [0, 0.05) is 19.3 Å². The van der Waals surface area contributed by atoms with Gasteiger partial charge in [-0.3, -0.25) is 14.5 Å². The Hall–Kier alpha value is -1.88. The van der Waals surface area contributed by atoms with Crippen LogP contribution in [0.4, 0.5) is 5.69 Å². The van der Waals surface area contributed by atoms with E-state index in [1.54, 1.807) is 19.2 Å². The fraction of sp³-hybridized carbons (Fsp3) is 0.429. The molecule has 2 amide bonds. The molecule has 5 heteroatoms. The lowest BCUT2D eigenvalue weighted by atomic mass is 10.1. The molecule has 0 saturated heterocycles. The van der Waals surface area contributed by atoms with Crippen molar-refractivity contribution in [2.75, 3.05) is 32.1 Å². The van der Waals surface area contributed by atoms with Gasteiger partial charge in [0.05, 0.1) is 24.3 Å². The summed E-state index contributed by atoms with van der Waals surface area (Å²) in [6, 6.07) is 5.29. The zero-order valence-corrected chi connectivity index (χ0v) is 11.2. The number of amides is 2. The minimum atomic E-state index is -0.239. The third-order valence-electron chi connectivity index (χ3n) is 3.07. The van der Waals surface area contributed by atoms with Gasteiger partial charge in [0.1, 0.15) is 0 Å². The number of methoxy groups -OCH3 is 1. The Morgan fingerprint density at radius 1 is 1.21 bits per heavy atom. The number of benzene rings is 1. The molecule has 0 saturated carbocycles. The third kappa shape index (κ3) is 2.61. The molecule has 1 N–H and O–H groups in total. The zero-order chi connectivity index (χ0) is 13.8. The van der Waals surface area contributed by atoms with Crippen LogP contribution in [0.25, 0.3) is 0 Å². The number of imide groups is 1. The van der Waals surface area contributed by atoms with Crippen molar-refractivity contribution in [1.29, 1.82) is 0 Å². The van der Waals surface area contributed by atoms with Crippen molar-refractivity contribution in [1.82, 2.24) is 4.90 Å². The zero-order valence-electron chi connectivity index (χ0n) is 11.2. The van der Waals surface area contributed by atoms with E-state index in [4.69, 9.17) is 4.74 Å². The maximum atomic E-state index is 12.2. The predicted molar refractivity (Wildman–Crippen MR) is 72.5 cm³/mol. The standard InChI is InChI=1S/C14H18N2O3/c1-3-6-15-10-4-5-11-12(9-10)14(18)16(13(11)17)7-8-19-2/h4-5,9,15H,3,6-8H2,1-2H3. The van der Waals surface area contributed by atoms with Crippen molar-refractivity contribution in [2.45, 2.75) is 13.3 Å². The minimum absolute atomic E-state index is 0.237. The van der Waals surface area contributed by atoms with Crippen molar-refractivity contribution < 1.29 is 14.3 Å². The second-order valence-corrected chi connectivity index (χ2v) is 4.44. The number of rotatable bonds is 6. The molecule has 19 heavy (non-hydrogen) atoms. The average Bonchev–Trinajstić information content (AvgIpc) is 2.66. The van der Waals surface area contributed by atoms with Gasteiger partial charge in [-0.2, -0.15) is 0 Å². The molecule has 0 bridgehead atoms. The molecule has 5 nitrogen and oxygen atoms in total. The van der Waals surface area contributed by atoms with Crippen LogP contribution in [0, 0.1) is 0 Å². The van der Waals surface area contributed by atoms with Crippen LogP contribution in [0.2, 0.25) is 0 Å². The van der Waals surface area contributed by atoms with Gasteiger partial charge < -0.3 is 10.1 Å². The fourth-order valence-corrected chi connectivity index (χ4v) is 2.06. The van der Waals surface area contributed by atoms with Gasteiger partial charge >= 0.3 is 0 Å². The summed E-state index contributed by atoms with van der Waals surface area (Å²) in [7, 11) is 1.55. The molecule has 1 aromatic carbocycles. The molecule has 2 rings (SSSR count). The van der Waals surface area contributed by atoms with Crippen LogP contribution in [-0.2, 0) is 4.74 Å². The van der Waals surface area contributed by atoms with E-state index in [-0.39, 0.29) is 11.8 Å². The molecule has 0 unspecified atom stereocenters. The van der Waals surface area contributed by atoms with Crippen LogP contribution >= 0.6 is 0 Å². The van der Waals surface area contributed by atoms with Crippen molar-refractivity contribution in [3.63, 3.8) is 0 Å². The van der Waals surface area contributed by atoms with Crippen LogP contribution in [0.15, 0.2) is 18.2 Å². The first kappa shape index (κ1) is 13.5. The Morgan fingerprint density at radius 2 is 1.95 bits per heavy atom. The van der Waals surface area contributed by atoms with Gasteiger partial charge in [-0.15, -0.1) is 0 Å².